The smallest absolute Gasteiger partial charge is 0.232 e. The lowest BCUT2D eigenvalue weighted by molar-refractivity contribution is 0.324. The Bertz CT molecular complexity index is 1460. The standard InChI is InChI=1S/C26H25N7O3/c1-34-22-12-20(13-23(35-2)24(22)36-3)30-26-28-16-27-25(31-26)29-19-9-10-21-18(11-19)15-33(32-21)14-17-7-5-4-6-8-17/h4-13,15-16H,14H2,1-3H3,(H2,27,28,29,30,31). The lowest BCUT2D eigenvalue weighted by atomic mass is 10.2. The molecule has 182 valence electrons. The van der Waals surface area contributed by atoms with Crippen LogP contribution >= 0.6 is 0 Å². The van der Waals surface area contributed by atoms with Gasteiger partial charge in [0.25, 0.3) is 0 Å². The third-order valence-electron chi connectivity index (χ3n) is 5.49. The average Bonchev–Trinajstić information content (AvgIpc) is 3.30. The van der Waals surface area contributed by atoms with E-state index >= 15 is 0 Å². The first-order chi connectivity index (χ1) is 17.6. The molecule has 0 unspecified atom stereocenters. The Labute approximate surface area is 207 Å². The highest BCUT2D eigenvalue weighted by Gasteiger charge is 2.14. The van der Waals surface area contributed by atoms with Crippen LogP contribution in [-0.2, 0) is 6.54 Å². The molecule has 2 N–H and O–H groups in total. The zero-order chi connectivity index (χ0) is 24.9. The summed E-state index contributed by atoms with van der Waals surface area (Å²) in [6.45, 7) is 0.710. The van der Waals surface area contributed by atoms with Crippen LogP contribution in [0.15, 0.2) is 73.2 Å². The summed E-state index contributed by atoms with van der Waals surface area (Å²) < 4.78 is 18.1. The fourth-order valence-electron chi connectivity index (χ4n) is 3.83. The minimum atomic E-state index is 0.360. The first kappa shape index (κ1) is 22.9. The maximum Gasteiger partial charge on any atom is 0.232 e. The zero-order valence-electron chi connectivity index (χ0n) is 20.1. The molecule has 3 aromatic carbocycles. The van der Waals surface area contributed by atoms with Crippen LogP contribution < -0.4 is 24.8 Å². The summed E-state index contributed by atoms with van der Waals surface area (Å²) in [6, 6.07) is 19.7. The Hall–Kier alpha value is -4.86. The van der Waals surface area contributed by atoms with Crippen molar-refractivity contribution in [3.8, 4) is 17.2 Å². The Balaban J connectivity index is 1.33. The minimum absolute atomic E-state index is 0.360. The van der Waals surface area contributed by atoms with Crippen molar-refractivity contribution in [3.05, 3.63) is 78.8 Å². The molecule has 0 bridgehead atoms. The molecular weight excluding hydrogens is 458 g/mol. The Morgan fingerprint density at radius 1 is 0.778 bits per heavy atom. The van der Waals surface area contributed by atoms with Gasteiger partial charge in [0.05, 0.1) is 33.4 Å². The molecule has 36 heavy (non-hydrogen) atoms. The first-order valence-corrected chi connectivity index (χ1v) is 11.2. The number of ether oxygens (including phenoxy) is 3. The second-order valence-corrected chi connectivity index (χ2v) is 7.88. The quantitative estimate of drug-likeness (QED) is 0.306. The number of nitrogens with one attached hydrogen (secondary N) is 2. The minimum Gasteiger partial charge on any atom is -0.493 e. The highest BCUT2D eigenvalue weighted by atomic mass is 16.5. The summed E-state index contributed by atoms with van der Waals surface area (Å²) in [5.41, 5.74) is 3.62. The summed E-state index contributed by atoms with van der Waals surface area (Å²) >= 11 is 0. The van der Waals surface area contributed by atoms with E-state index in [0.29, 0.717) is 41.4 Å². The lowest BCUT2D eigenvalue weighted by Gasteiger charge is -2.14. The van der Waals surface area contributed by atoms with Gasteiger partial charge in [-0.15, -0.1) is 0 Å². The second kappa shape index (κ2) is 10.2. The van der Waals surface area contributed by atoms with Gasteiger partial charge in [0.1, 0.15) is 6.33 Å². The van der Waals surface area contributed by atoms with Crippen LogP contribution in [0.3, 0.4) is 0 Å². The van der Waals surface area contributed by atoms with Crippen LogP contribution in [0.25, 0.3) is 10.9 Å². The van der Waals surface area contributed by atoms with Crippen molar-refractivity contribution in [1.29, 1.82) is 0 Å². The summed E-state index contributed by atoms with van der Waals surface area (Å²) in [5.74, 6) is 2.31. The SMILES string of the molecule is COc1cc(Nc2ncnc(Nc3ccc4nn(Cc5ccccc5)cc4c3)n2)cc(OC)c1OC. The molecule has 0 aliphatic heterocycles. The van der Waals surface area contributed by atoms with E-state index in [1.807, 2.05) is 47.3 Å². The molecule has 2 aromatic heterocycles. The molecule has 0 saturated heterocycles. The number of rotatable bonds is 9. The Morgan fingerprint density at radius 3 is 2.14 bits per heavy atom. The highest BCUT2D eigenvalue weighted by molar-refractivity contribution is 5.82. The van der Waals surface area contributed by atoms with Gasteiger partial charge in [0.15, 0.2) is 11.5 Å². The van der Waals surface area contributed by atoms with E-state index in [0.717, 1.165) is 16.6 Å². The predicted octanol–water partition coefficient (Wildman–Crippen LogP) is 4.78. The van der Waals surface area contributed by atoms with Gasteiger partial charge < -0.3 is 24.8 Å². The fraction of sp³-hybridized carbons (Fsp3) is 0.154. The first-order valence-electron chi connectivity index (χ1n) is 11.2. The van der Waals surface area contributed by atoms with Crippen LogP contribution in [0.5, 0.6) is 17.2 Å². The monoisotopic (exact) mass is 483 g/mol. The number of benzene rings is 3. The van der Waals surface area contributed by atoms with Gasteiger partial charge in [-0.1, -0.05) is 30.3 Å². The van der Waals surface area contributed by atoms with Crippen molar-refractivity contribution in [2.24, 2.45) is 0 Å². The molecule has 0 saturated carbocycles. The number of hydrogen-bond donors (Lipinski definition) is 2. The molecule has 0 amide bonds. The topological polar surface area (TPSA) is 108 Å². The van der Waals surface area contributed by atoms with Crippen LogP contribution in [-0.4, -0.2) is 46.1 Å². The molecule has 5 rings (SSSR count). The molecular formula is C26H25N7O3. The maximum absolute atomic E-state index is 5.41. The van der Waals surface area contributed by atoms with E-state index in [2.05, 4.69) is 42.8 Å². The van der Waals surface area contributed by atoms with Crippen molar-refractivity contribution >= 4 is 34.2 Å². The maximum atomic E-state index is 5.41. The summed E-state index contributed by atoms with van der Waals surface area (Å²) in [7, 11) is 4.69. The van der Waals surface area contributed by atoms with Crippen molar-refractivity contribution < 1.29 is 14.2 Å². The largest absolute Gasteiger partial charge is 0.493 e. The third-order valence-corrected chi connectivity index (χ3v) is 5.49. The summed E-state index contributed by atoms with van der Waals surface area (Å²) in [4.78, 5) is 13.0. The highest BCUT2D eigenvalue weighted by Crippen LogP contribution is 2.40. The van der Waals surface area contributed by atoms with Gasteiger partial charge >= 0.3 is 0 Å². The summed E-state index contributed by atoms with van der Waals surface area (Å²) in [6.07, 6.45) is 3.46. The summed E-state index contributed by atoms with van der Waals surface area (Å²) in [5, 5.41) is 12.1. The van der Waals surface area contributed by atoms with Crippen molar-refractivity contribution in [2.75, 3.05) is 32.0 Å². The van der Waals surface area contributed by atoms with Gasteiger partial charge in [-0.2, -0.15) is 10.1 Å². The second-order valence-electron chi connectivity index (χ2n) is 7.88. The third kappa shape index (κ3) is 4.97. The average molecular weight is 484 g/mol. The van der Waals surface area contributed by atoms with Crippen molar-refractivity contribution in [2.45, 2.75) is 6.54 Å². The van der Waals surface area contributed by atoms with Gasteiger partial charge in [0, 0.05) is 35.1 Å². The van der Waals surface area contributed by atoms with Gasteiger partial charge in [-0.3, -0.25) is 4.68 Å². The molecule has 10 nitrogen and oxygen atoms in total. The lowest BCUT2D eigenvalue weighted by Crippen LogP contribution is -2.03. The fourth-order valence-corrected chi connectivity index (χ4v) is 3.83. The van der Waals surface area contributed by atoms with E-state index in [1.54, 1.807) is 33.5 Å². The number of methoxy groups -OCH3 is 3. The van der Waals surface area contributed by atoms with Crippen molar-refractivity contribution in [1.82, 2.24) is 24.7 Å². The number of fused-ring (bicyclic) bond motifs is 1. The van der Waals surface area contributed by atoms with Gasteiger partial charge in [0.2, 0.25) is 17.6 Å². The predicted molar refractivity (Wildman–Crippen MR) is 138 cm³/mol. The molecule has 5 aromatic rings. The number of anilines is 4. The number of hydrogen-bond acceptors (Lipinski definition) is 9. The normalized spacial score (nSPS) is 10.8. The van der Waals surface area contributed by atoms with Gasteiger partial charge in [-0.25, -0.2) is 9.97 Å². The molecule has 2 heterocycles. The Kier molecular flexibility index (Phi) is 6.48. The van der Waals surface area contributed by atoms with E-state index in [-0.39, 0.29) is 0 Å². The molecule has 0 aliphatic carbocycles. The van der Waals surface area contributed by atoms with E-state index in [1.165, 1.54) is 11.9 Å². The van der Waals surface area contributed by atoms with Crippen LogP contribution in [0, 0.1) is 0 Å². The van der Waals surface area contributed by atoms with E-state index < -0.39 is 0 Å². The molecule has 0 spiro atoms. The van der Waals surface area contributed by atoms with E-state index in [4.69, 9.17) is 14.2 Å². The van der Waals surface area contributed by atoms with Crippen LogP contribution in [0.2, 0.25) is 0 Å². The zero-order valence-corrected chi connectivity index (χ0v) is 20.1. The molecule has 0 fully saturated rings. The molecule has 10 heteroatoms. The van der Waals surface area contributed by atoms with Crippen LogP contribution in [0.1, 0.15) is 5.56 Å². The van der Waals surface area contributed by atoms with Gasteiger partial charge in [-0.05, 0) is 23.8 Å². The Morgan fingerprint density at radius 2 is 1.47 bits per heavy atom. The van der Waals surface area contributed by atoms with E-state index in [9.17, 15) is 0 Å². The number of aromatic nitrogens is 5. The molecule has 0 radical (unpaired) electrons. The number of nitrogens with zero attached hydrogens (tertiary/aromatic N) is 5. The molecule has 0 aliphatic rings. The van der Waals surface area contributed by atoms with Crippen LogP contribution in [0.4, 0.5) is 23.3 Å². The molecule has 0 atom stereocenters. The van der Waals surface area contributed by atoms with Crippen molar-refractivity contribution in [3.63, 3.8) is 0 Å².